The Labute approximate surface area is 137 Å². The summed E-state index contributed by atoms with van der Waals surface area (Å²) in [7, 11) is 0. The SMILES string of the molecule is CC(C)(C(=O)Nc1ccccc1Br)c1c[nH]c2ccccc12. The lowest BCUT2D eigenvalue weighted by molar-refractivity contribution is -0.120. The van der Waals surface area contributed by atoms with E-state index >= 15 is 0 Å². The molecule has 3 nitrogen and oxygen atoms in total. The summed E-state index contributed by atoms with van der Waals surface area (Å²) >= 11 is 3.46. The first-order chi connectivity index (χ1) is 10.5. The molecule has 0 radical (unpaired) electrons. The van der Waals surface area contributed by atoms with Gasteiger partial charge in [-0.25, -0.2) is 0 Å². The highest BCUT2D eigenvalue weighted by Gasteiger charge is 2.32. The van der Waals surface area contributed by atoms with Crippen LogP contribution in [0.5, 0.6) is 0 Å². The molecule has 22 heavy (non-hydrogen) atoms. The number of para-hydroxylation sites is 2. The molecule has 0 unspecified atom stereocenters. The molecule has 2 N–H and O–H groups in total. The minimum Gasteiger partial charge on any atom is -0.361 e. The Hall–Kier alpha value is -2.07. The lowest BCUT2D eigenvalue weighted by Gasteiger charge is -2.23. The molecule has 1 heterocycles. The van der Waals surface area contributed by atoms with Gasteiger partial charge in [-0.2, -0.15) is 0 Å². The van der Waals surface area contributed by atoms with Crippen molar-refractivity contribution >= 4 is 38.4 Å². The first kappa shape index (κ1) is 14.9. The number of H-pyrrole nitrogens is 1. The predicted octanol–water partition coefficient (Wildman–Crippen LogP) is 4.85. The van der Waals surface area contributed by atoms with Crippen LogP contribution in [0.1, 0.15) is 19.4 Å². The summed E-state index contributed by atoms with van der Waals surface area (Å²) in [5.41, 5.74) is 2.17. The van der Waals surface area contributed by atoms with Gasteiger partial charge in [-0.3, -0.25) is 4.79 Å². The van der Waals surface area contributed by atoms with Crippen LogP contribution in [-0.4, -0.2) is 10.9 Å². The summed E-state index contributed by atoms with van der Waals surface area (Å²) in [6.45, 7) is 3.88. The van der Waals surface area contributed by atoms with Gasteiger partial charge in [0, 0.05) is 21.6 Å². The number of rotatable bonds is 3. The van der Waals surface area contributed by atoms with Crippen molar-refractivity contribution in [2.45, 2.75) is 19.3 Å². The molecule has 2 aromatic carbocycles. The Balaban J connectivity index is 1.95. The third-order valence-electron chi connectivity index (χ3n) is 3.95. The number of hydrogen-bond acceptors (Lipinski definition) is 1. The van der Waals surface area contributed by atoms with E-state index in [-0.39, 0.29) is 5.91 Å². The monoisotopic (exact) mass is 356 g/mol. The maximum atomic E-state index is 12.8. The maximum absolute atomic E-state index is 12.8. The van der Waals surface area contributed by atoms with Gasteiger partial charge < -0.3 is 10.3 Å². The molecule has 3 aromatic rings. The van der Waals surface area contributed by atoms with E-state index in [1.165, 1.54) is 0 Å². The highest BCUT2D eigenvalue weighted by Crippen LogP contribution is 2.32. The second-order valence-corrected chi connectivity index (χ2v) is 6.66. The largest absolute Gasteiger partial charge is 0.361 e. The Morgan fingerprint density at radius 3 is 2.55 bits per heavy atom. The number of benzene rings is 2. The standard InChI is InChI=1S/C18H17BrN2O/c1-18(2,13-11-20-15-9-5-3-7-12(13)15)17(22)21-16-10-6-4-8-14(16)19/h3-11,20H,1-2H3,(H,21,22). The molecule has 3 rings (SSSR count). The number of anilines is 1. The van der Waals surface area contributed by atoms with Crippen LogP contribution < -0.4 is 5.32 Å². The first-order valence-corrected chi connectivity index (χ1v) is 7.92. The smallest absolute Gasteiger partial charge is 0.234 e. The van der Waals surface area contributed by atoms with Crippen LogP contribution in [0.25, 0.3) is 10.9 Å². The van der Waals surface area contributed by atoms with Crippen molar-refractivity contribution in [2.24, 2.45) is 0 Å². The molecule has 1 aromatic heterocycles. The summed E-state index contributed by atoms with van der Waals surface area (Å²) in [5.74, 6) is -0.0378. The molecule has 4 heteroatoms. The normalized spacial score (nSPS) is 11.6. The molecule has 0 atom stereocenters. The second-order valence-electron chi connectivity index (χ2n) is 5.81. The number of aromatic nitrogens is 1. The molecule has 0 aliphatic carbocycles. The molecule has 112 valence electrons. The number of carbonyl (C=O) groups excluding carboxylic acids is 1. The molecule has 1 amide bonds. The molecule has 0 aliphatic heterocycles. The fourth-order valence-electron chi connectivity index (χ4n) is 2.55. The fraction of sp³-hybridized carbons (Fsp3) is 0.167. The van der Waals surface area contributed by atoms with Crippen molar-refractivity contribution in [1.82, 2.24) is 4.98 Å². The van der Waals surface area contributed by atoms with Crippen molar-refractivity contribution in [3.05, 3.63) is 64.8 Å². The summed E-state index contributed by atoms with van der Waals surface area (Å²) in [5, 5.41) is 4.08. The van der Waals surface area contributed by atoms with Gasteiger partial charge in [0.05, 0.1) is 11.1 Å². The second kappa shape index (κ2) is 5.61. The van der Waals surface area contributed by atoms with E-state index in [4.69, 9.17) is 0 Å². The average molecular weight is 357 g/mol. The lowest BCUT2D eigenvalue weighted by atomic mass is 9.83. The van der Waals surface area contributed by atoms with E-state index in [2.05, 4.69) is 26.2 Å². The molecule has 0 spiro atoms. The van der Waals surface area contributed by atoms with Crippen molar-refractivity contribution in [3.63, 3.8) is 0 Å². The van der Waals surface area contributed by atoms with Crippen LogP contribution in [0, 0.1) is 0 Å². The molecular formula is C18H17BrN2O. The number of nitrogens with one attached hydrogen (secondary N) is 2. The van der Waals surface area contributed by atoms with Gasteiger partial charge in [0.25, 0.3) is 0 Å². The molecular weight excluding hydrogens is 340 g/mol. The topological polar surface area (TPSA) is 44.9 Å². The van der Waals surface area contributed by atoms with Crippen LogP contribution >= 0.6 is 15.9 Å². The first-order valence-electron chi connectivity index (χ1n) is 7.13. The summed E-state index contributed by atoms with van der Waals surface area (Å²) < 4.78 is 0.873. The Morgan fingerprint density at radius 1 is 1.09 bits per heavy atom. The van der Waals surface area contributed by atoms with E-state index in [1.54, 1.807) is 0 Å². The Bertz CT molecular complexity index is 836. The fourth-order valence-corrected chi connectivity index (χ4v) is 2.94. The summed E-state index contributed by atoms with van der Waals surface area (Å²) in [6.07, 6.45) is 1.92. The zero-order chi connectivity index (χ0) is 15.7. The van der Waals surface area contributed by atoms with Gasteiger partial charge in [-0.05, 0) is 53.5 Å². The Morgan fingerprint density at radius 2 is 1.77 bits per heavy atom. The van der Waals surface area contributed by atoms with Gasteiger partial charge in [0.1, 0.15) is 0 Å². The molecule has 0 aliphatic rings. The van der Waals surface area contributed by atoms with Crippen LogP contribution in [0.15, 0.2) is 59.2 Å². The zero-order valence-corrected chi connectivity index (χ0v) is 14.1. The zero-order valence-electron chi connectivity index (χ0n) is 12.5. The van der Waals surface area contributed by atoms with E-state index in [9.17, 15) is 4.79 Å². The van der Waals surface area contributed by atoms with E-state index in [1.807, 2.05) is 68.6 Å². The minimum atomic E-state index is -0.644. The molecule has 0 bridgehead atoms. The summed E-state index contributed by atoms with van der Waals surface area (Å²) in [6, 6.07) is 15.6. The highest BCUT2D eigenvalue weighted by atomic mass is 79.9. The van der Waals surface area contributed by atoms with E-state index < -0.39 is 5.41 Å². The molecule has 0 fully saturated rings. The van der Waals surface area contributed by atoms with Crippen molar-refractivity contribution < 1.29 is 4.79 Å². The molecule has 0 saturated heterocycles. The van der Waals surface area contributed by atoms with Gasteiger partial charge in [0.15, 0.2) is 0 Å². The van der Waals surface area contributed by atoms with Gasteiger partial charge in [-0.1, -0.05) is 30.3 Å². The quantitative estimate of drug-likeness (QED) is 0.692. The number of hydrogen-bond donors (Lipinski definition) is 2. The van der Waals surface area contributed by atoms with Crippen LogP contribution in [-0.2, 0) is 10.2 Å². The minimum absolute atomic E-state index is 0.0378. The summed E-state index contributed by atoms with van der Waals surface area (Å²) in [4.78, 5) is 16.0. The number of amides is 1. The third kappa shape index (κ3) is 2.55. The van der Waals surface area contributed by atoms with E-state index in [0.29, 0.717) is 0 Å². The maximum Gasteiger partial charge on any atom is 0.234 e. The number of carbonyl (C=O) groups is 1. The highest BCUT2D eigenvalue weighted by molar-refractivity contribution is 9.10. The van der Waals surface area contributed by atoms with Crippen LogP contribution in [0.3, 0.4) is 0 Å². The number of aromatic amines is 1. The van der Waals surface area contributed by atoms with Crippen molar-refractivity contribution in [2.75, 3.05) is 5.32 Å². The van der Waals surface area contributed by atoms with Crippen LogP contribution in [0.4, 0.5) is 5.69 Å². The molecule has 0 saturated carbocycles. The lowest BCUT2D eigenvalue weighted by Crippen LogP contribution is -2.34. The van der Waals surface area contributed by atoms with Crippen molar-refractivity contribution in [3.8, 4) is 0 Å². The van der Waals surface area contributed by atoms with Crippen LogP contribution in [0.2, 0.25) is 0 Å². The van der Waals surface area contributed by atoms with Gasteiger partial charge >= 0.3 is 0 Å². The Kier molecular flexibility index (Phi) is 3.79. The third-order valence-corrected chi connectivity index (χ3v) is 4.64. The van der Waals surface area contributed by atoms with Gasteiger partial charge in [-0.15, -0.1) is 0 Å². The average Bonchev–Trinajstić information content (AvgIpc) is 2.94. The van der Waals surface area contributed by atoms with Gasteiger partial charge in [0.2, 0.25) is 5.91 Å². The number of halogens is 1. The number of fused-ring (bicyclic) bond motifs is 1. The predicted molar refractivity (Wildman–Crippen MR) is 94.1 cm³/mol. The van der Waals surface area contributed by atoms with Crippen molar-refractivity contribution in [1.29, 1.82) is 0 Å². The van der Waals surface area contributed by atoms with E-state index in [0.717, 1.165) is 26.6 Å².